The van der Waals surface area contributed by atoms with Crippen molar-refractivity contribution in [2.45, 2.75) is 6.42 Å². The summed E-state index contributed by atoms with van der Waals surface area (Å²) in [5, 5.41) is 0. The maximum Gasteiger partial charge on any atom is 0.120 e. The van der Waals surface area contributed by atoms with Gasteiger partial charge in [0.2, 0.25) is 0 Å². The van der Waals surface area contributed by atoms with E-state index in [9.17, 15) is 4.79 Å². The minimum atomic E-state index is 0.673. The molecular weight excluding hydrogens is 212 g/mol. The summed E-state index contributed by atoms with van der Waals surface area (Å²) in [5.41, 5.74) is 2.47. The minimum absolute atomic E-state index is 0.673. The molecular formula is C14H18N2O. The van der Waals surface area contributed by atoms with Crippen molar-refractivity contribution in [3.63, 3.8) is 0 Å². The van der Waals surface area contributed by atoms with Crippen LogP contribution in [0.15, 0.2) is 30.3 Å². The number of nitrogens with zero attached hydrogens (tertiary/aromatic N) is 2. The Kier molecular flexibility index (Phi) is 3.97. The highest BCUT2D eigenvalue weighted by Gasteiger charge is 2.15. The van der Waals surface area contributed by atoms with E-state index >= 15 is 0 Å². The van der Waals surface area contributed by atoms with Gasteiger partial charge >= 0.3 is 0 Å². The molecule has 0 spiro atoms. The summed E-state index contributed by atoms with van der Waals surface area (Å²) in [7, 11) is 2.15. The molecule has 1 heterocycles. The van der Waals surface area contributed by atoms with Crippen LogP contribution < -0.4 is 4.90 Å². The van der Waals surface area contributed by atoms with Gasteiger partial charge in [0.05, 0.1) is 0 Å². The quantitative estimate of drug-likeness (QED) is 0.733. The number of rotatable bonds is 3. The Bertz CT molecular complexity index is 416. The van der Waals surface area contributed by atoms with Crippen molar-refractivity contribution >= 4 is 11.6 Å². The second-order valence-electron chi connectivity index (χ2n) is 4.45. The van der Waals surface area contributed by atoms with Crippen molar-refractivity contribution in [1.82, 2.24) is 4.90 Å². The highest BCUT2D eigenvalue weighted by Crippen LogP contribution is 2.22. The number of hydrogen-bond acceptors (Lipinski definition) is 3. The molecule has 2 rings (SSSR count). The zero-order chi connectivity index (χ0) is 12.1. The van der Waals surface area contributed by atoms with Gasteiger partial charge in [-0.15, -0.1) is 0 Å². The Labute approximate surface area is 102 Å². The molecule has 3 nitrogen and oxygen atoms in total. The molecule has 1 fully saturated rings. The lowest BCUT2D eigenvalue weighted by molar-refractivity contribution is 0.312. The van der Waals surface area contributed by atoms with E-state index in [0.29, 0.717) is 6.42 Å². The van der Waals surface area contributed by atoms with Crippen LogP contribution in [0.4, 0.5) is 5.69 Å². The van der Waals surface area contributed by atoms with E-state index in [2.05, 4.69) is 35.0 Å². The molecule has 1 aromatic carbocycles. The first-order valence-corrected chi connectivity index (χ1v) is 6.02. The fourth-order valence-corrected chi connectivity index (χ4v) is 2.19. The molecule has 0 saturated carbocycles. The van der Waals surface area contributed by atoms with Gasteiger partial charge in [0, 0.05) is 44.4 Å². The predicted molar refractivity (Wildman–Crippen MR) is 70.1 cm³/mol. The van der Waals surface area contributed by atoms with E-state index in [0.717, 1.165) is 26.2 Å². The second kappa shape index (κ2) is 5.67. The van der Waals surface area contributed by atoms with Gasteiger partial charge < -0.3 is 9.80 Å². The van der Waals surface area contributed by atoms with Gasteiger partial charge in [-0.3, -0.25) is 0 Å². The highest BCUT2D eigenvalue weighted by molar-refractivity contribution is 5.56. The second-order valence-corrected chi connectivity index (χ2v) is 4.45. The van der Waals surface area contributed by atoms with Crippen LogP contribution in [-0.4, -0.2) is 44.1 Å². The van der Waals surface area contributed by atoms with Crippen LogP contribution in [0.25, 0.3) is 0 Å². The number of para-hydroxylation sites is 1. The van der Waals surface area contributed by atoms with Crippen LogP contribution in [0.3, 0.4) is 0 Å². The molecule has 1 saturated heterocycles. The number of allylic oxidation sites excluding steroid dienone is 1. The summed E-state index contributed by atoms with van der Waals surface area (Å²) in [4.78, 5) is 15.0. The largest absolute Gasteiger partial charge is 0.369 e. The Balaban J connectivity index is 2.16. The molecule has 0 atom stereocenters. The zero-order valence-corrected chi connectivity index (χ0v) is 10.2. The fourth-order valence-electron chi connectivity index (χ4n) is 2.19. The Morgan fingerprint density at radius 3 is 2.65 bits per heavy atom. The van der Waals surface area contributed by atoms with Crippen LogP contribution in [-0.2, 0) is 11.2 Å². The maximum atomic E-state index is 10.3. The lowest BCUT2D eigenvalue weighted by Gasteiger charge is -2.35. The Morgan fingerprint density at radius 1 is 1.24 bits per heavy atom. The number of likely N-dealkylation sites (N-methyl/N-ethyl adjacent to an activating group) is 1. The molecule has 0 radical (unpaired) electrons. The lowest BCUT2D eigenvalue weighted by atomic mass is 10.1. The third-order valence-corrected chi connectivity index (χ3v) is 3.24. The summed E-state index contributed by atoms with van der Waals surface area (Å²) in [6.45, 7) is 4.30. The SMILES string of the molecule is CN1CCN(c2ccccc2CC=C=O)CC1. The molecule has 0 unspecified atom stereocenters. The molecule has 0 aromatic heterocycles. The van der Waals surface area contributed by atoms with Crippen molar-refractivity contribution in [3.8, 4) is 0 Å². The Morgan fingerprint density at radius 2 is 1.94 bits per heavy atom. The molecule has 1 aliphatic heterocycles. The third-order valence-electron chi connectivity index (χ3n) is 3.24. The van der Waals surface area contributed by atoms with Gasteiger partial charge in [-0.25, -0.2) is 4.79 Å². The predicted octanol–water partition coefficient (Wildman–Crippen LogP) is 1.37. The molecule has 0 amide bonds. The van der Waals surface area contributed by atoms with Gasteiger partial charge in [-0.1, -0.05) is 18.2 Å². The van der Waals surface area contributed by atoms with E-state index < -0.39 is 0 Å². The average molecular weight is 230 g/mol. The van der Waals surface area contributed by atoms with Crippen LogP contribution >= 0.6 is 0 Å². The van der Waals surface area contributed by atoms with Gasteiger partial charge in [-0.2, -0.15) is 0 Å². The van der Waals surface area contributed by atoms with Crippen LogP contribution in [0.2, 0.25) is 0 Å². The number of hydrogen-bond donors (Lipinski definition) is 0. The van der Waals surface area contributed by atoms with Gasteiger partial charge in [0.25, 0.3) is 0 Å². The molecule has 0 N–H and O–H groups in total. The summed E-state index contributed by atoms with van der Waals surface area (Å²) in [6.07, 6.45) is 2.22. The van der Waals surface area contributed by atoms with Gasteiger partial charge in [-0.05, 0) is 18.7 Å². The van der Waals surface area contributed by atoms with Gasteiger partial charge in [0.1, 0.15) is 5.94 Å². The van der Waals surface area contributed by atoms with Gasteiger partial charge in [0.15, 0.2) is 0 Å². The minimum Gasteiger partial charge on any atom is -0.369 e. The molecule has 17 heavy (non-hydrogen) atoms. The first-order chi connectivity index (χ1) is 8.31. The van der Waals surface area contributed by atoms with Crippen LogP contribution in [0, 0.1) is 0 Å². The van der Waals surface area contributed by atoms with Crippen molar-refractivity contribution in [3.05, 3.63) is 35.9 Å². The number of piperazine rings is 1. The van der Waals surface area contributed by atoms with Crippen LogP contribution in [0.1, 0.15) is 5.56 Å². The van der Waals surface area contributed by atoms with E-state index in [1.54, 1.807) is 6.08 Å². The fraction of sp³-hybridized carbons (Fsp3) is 0.429. The molecule has 1 aromatic rings. The molecule has 1 aliphatic rings. The van der Waals surface area contributed by atoms with E-state index in [4.69, 9.17) is 0 Å². The molecule has 0 aliphatic carbocycles. The summed E-state index contributed by atoms with van der Waals surface area (Å²) in [6, 6.07) is 8.30. The molecule has 90 valence electrons. The molecule has 0 bridgehead atoms. The zero-order valence-electron chi connectivity index (χ0n) is 10.2. The summed E-state index contributed by atoms with van der Waals surface area (Å²) < 4.78 is 0. The number of anilines is 1. The maximum absolute atomic E-state index is 10.3. The molecule has 3 heteroatoms. The highest BCUT2D eigenvalue weighted by atomic mass is 16.1. The van der Waals surface area contributed by atoms with Crippen LogP contribution in [0.5, 0.6) is 0 Å². The van der Waals surface area contributed by atoms with E-state index in [-0.39, 0.29) is 0 Å². The normalized spacial score (nSPS) is 16.6. The smallest absolute Gasteiger partial charge is 0.120 e. The average Bonchev–Trinajstić information content (AvgIpc) is 2.38. The van der Waals surface area contributed by atoms with Crippen molar-refractivity contribution in [2.75, 3.05) is 38.1 Å². The topological polar surface area (TPSA) is 23.6 Å². The lowest BCUT2D eigenvalue weighted by Crippen LogP contribution is -2.44. The summed E-state index contributed by atoms with van der Waals surface area (Å²) in [5.74, 6) is 1.85. The van der Waals surface area contributed by atoms with Crippen molar-refractivity contribution in [1.29, 1.82) is 0 Å². The van der Waals surface area contributed by atoms with Crippen molar-refractivity contribution in [2.24, 2.45) is 0 Å². The number of benzene rings is 1. The monoisotopic (exact) mass is 230 g/mol. The number of carbonyl (C=O) groups excluding carboxylic acids is 1. The van der Waals surface area contributed by atoms with E-state index in [1.807, 2.05) is 12.0 Å². The first-order valence-electron chi connectivity index (χ1n) is 6.02. The Hall–Kier alpha value is -1.57. The van der Waals surface area contributed by atoms with E-state index in [1.165, 1.54) is 11.3 Å². The van der Waals surface area contributed by atoms with Crippen molar-refractivity contribution < 1.29 is 4.79 Å². The third kappa shape index (κ3) is 2.96. The summed E-state index contributed by atoms with van der Waals surface area (Å²) >= 11 is 0. The standard InChI is InChI=1S/C14H18N2O/c1-15-8-10-16(11-9-15)14-7-3-2-5-13(14)6-4-12-17/h2-5,7H,6,8-11H2,1H3. The first kappa shape index (κ1) is 11.9.